The lowest BCUT2D eigenvalue weighted by Crippen LogP contribution is -2.08. The van der Waals surface area contributed by atoms with Crippen LogP contribution in [-0.2, 0) is 9.53 Å². The molecule has 2 aromatic rings. The molecular formula is C31H43NO3. The van der Waals surface area contributed by atoms with Crippen LogP contribution < -0.4 is 4.74 Å². The first-order valence-corrected chi connectivity index (χ1v) is 13.3. The number of para-hydroxylation sites is 1. The Morgan fingerprint density at radius 2 is 1.60 bits per heavy atom. The van der Waals surface area contributed by atoms with Crippen molar-refractivity contribution in [1.82, 2.24) is 0 Å². The molecule has 35 heavy (non-hydrogen) atoms. The molecule has 0 N–H and O–H groups in total. The second-order valence-electron chi connectivity index (χ2n) is 9.19. The minimum atomic E-state index is -0.309. The van der Waals surface area contributed by atoms with Crippen molar-refractivity contribution in [3.05, 3.63) is 65.7 Å². The first-order valence-electron chi connectivity index (χ1n) is 13.3. The molecule has 2 rings (SSSR count). The molecule has 0 aliphatic carbocycles. The van der Waals surface area contributed by atoms with Crippen LogP contribution in [0.15, 0.2) is 59.6 Å². The van der Waals surface area contributed by atoms with E-state index in [0.29, 0.717) is 12.5 Å². The van der Waals surface area contributed by atoms with Gasteiger partial charge in [0.15, 0.2) is 0 Å². The Morgan fingerprint density at radius 1 is 0.914 bits per heavy atom. The maximum Gasteiger partial charge on any atom is 0.330 e. The van der Waals surface area contributed by atoms with Crippen molar-refractivity contribution < 1.29 is 14.3 Å². The summed E-state index contributed by atoms with van der Waals surface area (Å²) in [5, 5.41) is 0. The van der Waals surface area contributed by atoms with E-state index in [1.54, 1.807) is 6.08 Å². The van der Waals surface area contributed by atoms with Gasteiger partial charge in [0.1, 0.15) is 5.75 Å². The Morgan fingerprint density at radius 3 is 2.31 bits per heavy atom. The zero-order valence-corrected chi connectivity index (χ0v) is 21.9. The van der Waals surface area contributed by atoms with Gasteiger partial charge in [0.25, 0.3) is 0 Å². The van der Waals surface area contributed by atoms with Crippen molar-refractivity contribution in [3.63, 3.8) is 0 Å². The van der Waals surface area contributed by atoms with Crippen molar-refractivity contribution in [2.75, 3.05) is 13.2 Å². The number of hydrogen-bond donors (Lipinski definition) is 0. The van der Waals surface area contributed by atoms with Gasteiger partial charge in [-0.3, -0.25) is 4.99 Å². The smallest absolute Gasteiger partial charge is 0.330 e. The normalized spacial score (nSPS) is 12.3. The maximum atomic E-state index is 11.8. The first-order chi connectivity index (χ1) is 17.1. The number of nitrogens with zero attached hydrogens (tertiary/aromatic N) is 1. The third-order valence-corrected chi connectivity index (χ3v) is 6.04. The lowest BCUT2D eigenvalue weighted by atomic mass is 10.1. The predicted molar refractivity (Wildman–Crippen MR) is 148 cm³/mol. The summed E-state index contributed by atoms with van der Waals surface area (Å²) >= 11 is 0. The van der Waals surface area contributed by atoms with Crippen LogP contribution in [0.4, 0.5) is 5.69 Å². The van der Waals surface area contributed by atoms with Crippen LogP contribution in [0.25, 0.3) is 6.08 Å². The standard InChI is InChI=1S/C31H43NO3/c1-4-6-7-8-9-10-11-14-23-34-30-16-13-12-15-28(30)24-32-29-20-17-27(18-21-29)19-22-31(33)35-25-26(3)5-2/h12-13,15-22,24,26H,4-11,14,23,25H2,1-3H3/b22-19+,32-24-. The van der Waals surface area contributed by atoms with E-state index in [0.717, 1.165) is 42.0 Å². The quantitative estimate of drug-likeness (QED) is 0.0992. The number of ether oxygens (including phenoxy) is 2. The molecule has 2 aromatic carbocycles. The van der Waals surface area contributed by atoms with Crippen molar-refractivity contribution in [1.29, 1.82) is 0 Å². The Balaban J connectivity index is 1.79. The van der Waals surface area contributed by atoms with E-state index < -0.39 is 0 Å². The minimum absolute atomic E-state index is 0.309. The second kappa shape index (κ2) is 17.5. The van der Waals surface area contributed by atoms with Crippen LogP contribution in [0, 0.1) is 5.92 Å². The Kier molecular flexibility index (Phi) is 14.2. The molecule has 4 nitrogen and oxygen atoms in total. The summed E-state index contributed by atoms with van der Waals surface area (Å²) < 4.78 is 11.3. The minimum Gasteiger partial charge on any atom is -0.493 e. The summed E-state index contributed by atoms with van der Waals surface area (Å²) in [5.74, 6) is 0.941. The molecule has 0 radical (unpaired) electrons. The van der Waals surface area contributed by atoms with Crippen LogP contribution in [-0.4, -0.2) is 25.4 Å². The number of aliphatic imine (C=N–C) groups is 1. The van der Waals surface area contributed by atoms with Crippen LogP contribution in [0.3, 0.4) is 0 Å². The number of hydrogen-bond acceptors (Lipinski definition) is 4. The molecule has 0 spiro atoms. The molecule has 4 heteroatoms. The zero-order chi connectivity index (χ0) is 25.1. The topological polar surface area (TPSA) is 47.9 Å². The molecule has 0 heterocycles. The van der Waals surface area contributed by atoms with Gasteiger partial charge in [-0.1, -0.05) is 96.4 Å². The molecular weight excluding hydrogens is 434 g/mol. The zero-order valence-electron chi connectivity index (χ0n) is 21.9. The fraction of sp³-hybridized carbons (Fsp3) is 0.484. The van der Waals surface area contributed by atoms with Gasteiger partial charge in [0.05, 0.1) is 18.9 Å². The monoisotopic (exact) mass is 477 g/mol. The number of carbonyl (C=O) groups excluding carboxylic acids is 1. The summed E-state index contributed by atoms with van der Waals surface area (Å²) in [5.41, 5.74) is 2.75. The van der Waals surface area contributed by atoms with Gasteiger partial charge in [0.2, 0.25) is 0 Å². The number of unbranched alkanes of at least 4 members (excludes halogenated alkanes) is 7. The summed E-state index contributed by atoms with van der Waals surface area (Å²) in [4.78, 5) is 16.4. The van der Waals surface area contributed by atoms with Crippen molar-refractivity contribution in [2.24, 2.45) is 10.9 Å². The summed E-state index contributed by atoms with van der Waals surface area (Å²) in [7, 11) is 0. The average Bonchev–Trinajstić information content (AvgIpc) is 2.89. The molecule has 0 aliphatic heterocycles. The average molecular weight is 478 g/mol. The van der Waals surface area contributed by atoms with E-state index >= 15 is 0 Å². The van der Waals surface area contributed by atoms with Gasteiger partial charge in [-0.25, -0.2) is 4.79 Å². The highest BCUT2D eigenvalue weighted by molar-refractivity contribution is 5.87. The first kappa shape index (κ1) is 28.4. The largest absolute Gasteiger partial charge is 0.493 e. The lowest BCUT2D eigenvalue weighted by molar-refractivity contribution is -0.138. The van der Waals surface area contributed by atoms with E-state index in [9.17, 15) is 4.79 Å². The molecule has 0 fully saturated rings. The van der Waals surface area contributed by atoms with Gasteiger partial charge < -0.3 is 9.47 Å². The molecule has 1 atom stereocenters. The van der Waals surface area contributed by atoms with Crippen LogP contribution in [0.2, 0.25) is 0 Å². The highest BCUT2D eigenvalue weighted by Crippen LogP contribution is 2.19. The van der Waals surface area contributed by atoms with Gasteiger partial charge in [-0.2, -0.15) is 0 Å². The highest BCUT2D eigenvalue weighted by Gasteiger charge is 2.03. The molecule has 190 valence electrons. The number of benzene rings is 2. The fourth-order valence-corrected chi connectivity index (χ4v) is 3.51. The molecule has 0 saturated heterocycles. The molecule has 0 aliphatic rings. The van der Waals surface area contributed by atoms with Gasteiger partial charge in [0, 0.05) is 17.9 Å². The number of rotatable bonds is 17. The van der Waals surface area contributed by atoms with E-state index in [-0.39, 0.29) is 5.97 Å². The van der Waals surface area contributed by atoms with Crippen molar-refractivity contribution in [2.45, 2.75) is 78.6 Å². The van der Waals surface area contributed by atoms with Gasteiger partial charge in [-0.05, 0) is 48.2 Å². The van der Waals surface area contributed by atoms with Crippen molar-refractivity contribution in [3.8, 4) is 5.75 Å². The highest BCUT2D eigenvalue weighted by atomic mass is 16.5. The van der Waals surface area contributed by atoms with E-state index in [1.165, 1.54) is 51.0 Å². The Hall–Kier alpha value is -2.88. The molecule has 0 saturated carbocycles. The van der Waals surface area contributed by atoms with Crippen molar-refractivity contribution >= 4 is 23.9 Å². The number of esters is 1. The fourth-order valence-electron chi connectivity index (χ4n) is 3.51. The van der Waals surface area contributed by atoms with Gasteiger partial charge in [-0.15, -0.1) is 0 Å². The lowest BCUT2D eigenvalue weighted by Gasteiger charge is -2.09. The Bertz CT molecular complexity index is 902. The Labute approximate surface area is 212 Å². The predicted octanol–water partition coefficient (Wildman–Crippen LogP) is 8.56. The third-order valence-electron chi connectivity index (χ3n) is 6.04. The summed E-state index contributed by atoms with van der Waals surface area (Å²) in [6, 6.07) is 15.8. The summed E-state index contributed by atoms with van der Waals surface area (Å²) in [6.45, 7) is 7.60. The molecule has 0 amide bonds. The van der Waals surface area contributed by atoms with Crippen LogP contribution in [0.5, 0.6) is 5.75 Å². The third kappa shape index (κ3) is 12.4. The molecule has 0 aromatic heterocycles. The maximum absolute atomic E-state index is 11.8. The van der Waals surface area contributed by atoms with Crippen LogP contribution >= 0.6 is 0 Å². The van der Waals surface area contributed by atoms with Gasteiger partial charge >= 0.3 is 5.97 Å². The van der Waals surface area contributed by atoms with E-state index in [2.05, 4.69) is 25.8 Å². The van der Waals surface area contributed by atoms with E-state index in [4.69, 9.17) is 9.47 Å². The summed E-state index contributed by atoms with van der Waals surface area (Å²) in [6.07, 6.45) is 16.4. The molecule has 1 unspecified atom stereocenters. The molecule has 0 bridgehead atoms. The van der Waals surface area contributed by atoms with Crippen LogP contribution in [0.1, 0.15) is 89.7 Å². The number of carbonyl (C=O) groups is 1. The van der Waals surface area contributed by atoms with E-state index in [1.807, 2.05) is 54.7 Å². The second-order valence-corrected chi connectivity index (χ2v) is 9.19. The SMILES string of the molecule is CCCCCCCCCCOc1ccccc1/C=N\c1ccc(/C=C/C(=O)OCC(C)CC)cc1.